The number of H-pyrrole nitrogens is 1. The minimum absolute atomic E-state index is 0.106. The monoisotopic (exact) mass is 475 g/mol. The maximum absolute atomic E-state index is 13.7. The van der Waals surface area contributed by atoms with Crippen LogP contribution in [0.5, 0.6) is 0 Å². The van der Waals surface area contributed by atoms with Gasteiger partial charge in [-0.3, -0.25) is 14.3 Å². The zero-order chi connectivity index (χ0) is 23.9. The van der Waals surface area contributed by atoms with Gasteiger partial charge < -0.3 is 14.8 Å². The molecule has 0 radical (unpaired) electrons. The Morgan fingerprint density at radius 3 is 2.31 bits per heavy atom. The van der Waals surface area contributed by atoms with Crippen molar-refractivity contribution in [2.45, 2.75) is 83.2 Å². The Balaban J connectivity index is 1.30. The summed E-state index contributed by atoms with van der Waals surface area (Å²) in [5.74, 6) is 0.116. The molecule has 2 aliphatic heterocycles. The lowest BCUT2D eigenvalue weighted by atomic mass is 9.99. The van der Waals surface area contributed by atoms with E-state index in [1.54, 1.807) is 6.20 Å². The van der Waals surface area contributed by atoms with Crippen LogP contribution in [0.25, 0.3) is 21.8 Å². The third-order valence-electron chi connectivity index (χ3n) is 8.72. The van der Waals surface area contributed by atoms with Crippen LogP contribution in [0.15, 0.2) is 23.1 Å². The number of carbonyl (C=O) groups excluding carboxylic acids is 1. The van der Waals surface area contributed by atoms with E-state index >= 15 is 0 Å². The number of amides is 1. The topological polar surface area (TPSA) is 74.2 Å². The highest BCUT2D eigenvalue weighted by atomic mass is 16.2. The Hall–Kier alpha value is -2.67. The van der Waals surface area contributed by atoms with Crippen molar-refractivity contribution in [2.24, 2.45) is 0 Å². The number of fused-ring (bicyclic) bond motifs is 3. The second-order valence-electron chi connectivity index (χ2n) is 10.9. The van der Waals surface area contributed by atoms with Crippen LogP contribution in [-0.4, -0.2) is 62.7 Å². The number of hydrogen-bond acceptors (Lipinski definition) is 4. The number of nitrogens with one attached hydrogen (secondary N) is 1. The van der Waals surface area contributed by atoms with Crippen molar-refractivity contribution in [3.63, 3.8) is 0 Å². The number of pyridine rings is 1. The summed E-state index contributed by atoms with van der Waals surface area (Å²) in [5, 5.41) is 6.17. The van der Waals surface area contributed by atoms with E-state index in [0.29, 0.717) is 17.5 Å². The first-order chi connectivity index (χ1) is 17.1. The Morgan fingerprint density at radius 2 is 1.60 bits per heavy atom. The van der Waals surface area contributed by atoms with Gasteiger partial charge in [-0.15, -0.1) is 0 Å². The molecule has 3 aliphatic rings. The summed E-state index contributed by atoms with van der Waals surface area (Å²) in [4.78, 5) is 34.2. The molecule has 0 bridgehead atoms. The maximum Gasteiger partial charge on any atom is 0.259 e. The number of aromatic amines is 1. The Kier molecular flexibility index (Phi) is 6.13. The number of hydrogen-bond donors (Lipinski definition) is 1. The van der Waals surface area contributed by atoms with Gasteiger partial charge >= 0.3 is 0 Å². The zero-order valence-corrected chi connectivity index (χ0v) is 20.9. The molecule has 7 nitrogen and oxygen atoms in total. The first-order valence-electron chi connectivity index (χ1n) is 13.7. The van der Waals surface area contributed by atoms with Crippen LogP contribution in [0.2, 0.25) is 0 Å². The molecule has 0 unspecified atom stereocenters. The minimum Gasteiger partial charge on any atom is -0.339 e. The number of benzene rings is 1. The lowest BCUT2D eigenvalue weighted by Gasteiger charge is -2.38. The van der Waals surface area contributed by atoms with Gasteiger partial charge in [-0.2, -0.15) is 5.10 Å². The highest BCUT2D eigenvalue weighted by Crippen LogP contribution is 2.34. The van der Waals surface area contributed by atoms with Gasteiger partial charge in [0.15, 0.2) is 0 Å². The van der Waals surface area contributed by atoms with Gasteiger partial charge in [0.25, 0.3) is 11.5 Å². The molecule has 7 heteroatoms. The molecule has 6 rings (SSSR count). The Labute approximate surface area is 206 Å². The zero-order valence-electron chi connectivity index (χ0n) is 20.9. The number of aryl methyl sites for hydroxylation is 1. The van der Waals surface area contributed by atoms with Crippen molar-refractivity contribution in [3.8, 4) is 0 Å². The van der Waals surface area contributed by atoms with E-state index in [-0.39, 0.29) is 11.5 Å². The van der Waals surface area contributed by atoms with Crippen molar-refractivity contribution >= 4 is 27.7 Å². The van der Waals surface area contributed by atoms with Crippen molar-refractivity contribution in [3.05, 3.63) is 39.8 Å². The van der Waals surface area contributed by atoms with Crippen LogP contribution < -0.4 is 5.56 Å². The molecule has 35 heavy (non-hydrogen) atoms. The SMILES string of the molecule is Cc1cc2[nH]c(=O)c3cnn(C4CCCC4)c3c2cc1C(=O)N1CCC(N2CCCCCC2)CC1. The van der Waals surface area contributed by atoms with Crippen molar-refractivity contribution in [1.82, 2.24) is 24.6 Å². The average Bonchev–Trinajstić information content (AvgIpc) is 3.48. The summed E-state index contributed by atoms with van der Waals surface area (Å²) in [6, 6.07) is 4.93. The van der Waals surface area contributed by atoms with Crippen molar-refractivity contribution < 1.29 is 4.79 Å². The van der Waals surface area contributed by atoms with Gasteiger partial charge in [-0.1, -0.05) is 25.7 Å². The van der Waals surface area contributed by atoms with Gasteiger partial charge in [0.05, 0.1) is 28.7 Å². The number of nitrogens with zero attached hydrogens (tertiary/aromatic N) is 4. The average molecular weight is 476 g/mol. The summed E-state index contributed by atoms with van der Waals surface area (Å²) < 4.78 is 2.05. The van der Waals surface area contributed by atoms with E-state index in [0.717, 1.165) is 66.3 Å². The molecule has 186 valence electrons. The molecule has 0 spiro atoms. The molecule has 4 heterocycles. The van der Waals surface area contributed by atoms with Gasteiger partial charge in [-0.25, -0.2) is 0 Å². The maximum atomic E-state index is 13.7. The molecule has 3 aromatic rings. The molecular weight excluding hydrogens is 438 g/mol. The standard InChI is InChI=1S/C28H37N5O2/c1-19-16-25-23(26-24(27(34)30-25)18-29-33(26)21-8-4-5-9-21)17-22(19)28(35)32-14-10-20(11-15-32)31-12-6-2-3-7-13-31/h16-18,20-21H,2-15H2,1H3,(H,30,34). The van der Waals surface area contributed by atoms with Crippen LogP contribution in [0, 0.1) is 6.92 Å². The molecule has 1 saturated carbocycles. The Morgan fingerprint density at radius 1 is 0.886 bits per heavy atom. The molecule has 1 aliphatic carbocycles. The third kappa shape index (κ3) is 4.18. The van der Waals surface area contributed by atoms with Crippen molar-refractivity contribution in [2.75, 3.05) is 26.2 Å². The van der Waals surface area contributed by atoms with Crippen LogP contribution in [-0.2, 0) is 0 Å². The number of aromatic nitrogens is 3. The van der Waals surface area contributed by atoms with Gasteiger partial charge in [0.2, 0.25) is 0 Å². The quantitative estimate of drug-likeness (QED) is 0.592. The lowest BCUT2D eigenvalue weighted by Crippen LogP contribution is -2.47. The molecule has 1 N–H and O–H groups in total. The highest BCUT2D eigenvalue weighted by Gasteiger charge is 2.29. The predicted octanol–water partition coefficient (Wildman–Crippen LogP) is 4.78. The third-order valence-corrected chi connectivity index (χ3v) is 8.72. The van der Waals surface area contributed by atoms with Gasteiger partial charge in [0.1, 0.15) is 0 Å². The molecule has 3 fully saturated rings. The number of carbonyl (C=O) groups is 1. The summed E-state index contributed by atoms with van der Waals surface area (Å²) in [6.45, 7) is 6.04. The molecular formula is C28H37N5O2. The fourth-order valence-electron chi connectivity index (χ4n) is 6.71. The van der Waals surface area contributed by atoms with E-state index in [2.05, 4.69) is 19.7 Å². The van der Waals surface area contributed by atoms with Crippen LogP contribution in [0.4, 0.5) is 0 Å². The highest BCUT2D eigenvalue weighted by molar-refractivity contribution is 6.07. The fourth-order valence-corrected chi connectivity index (χ4v) is 6.71. The summed E-state index contributed by atoms with van der Waals surface area (Å²) >= 11 is 0. The second kappa shape index (κ2) is 9.41. The van der Waals surface area contributed by atoms with Crippen LogP contribution in [0.1, 0.15) is 86.2 Å². The van der Waals surface area contributed by atoms with Crippen LogP contribution in [0.3, 0.4) is 0 Å². The molecule has 2 saturated heterocycles. The first kappa shape index (κ1) is 22.8. The molecule has 0 atom stereocenters. The van der Waals surface area contributed by atoms with E-state index in [9.17, 15) is 9.59 Å². The number of piperidine rings is 1. The largest absolute Gasteiger partial charge is 0.339 e. The van der Waals surface area contributed by atoms with Crippen molar-refractivity contribution in [1.29, 1.82) is 0 Å². The molecule has 1 amide bonds. The minimum atomic E-state index is -0.106. The van der Waals surface area contributed by atoms with Gasteiger partial charge in [0, 0.05) is 30.1 Å². The Bertz CT molecular complexity index is 1290. The first-order valence-corrected chi connectivity index (χ1v) is 13.7. The second-order valence-corrected chi connectivity index (χ2v) is 10.9. The van der Waals surface area contributed by atoms with Gasteiger partial charge in [-0.05, 0) is 76.2 Å². The summed E-state index contributed by atoms with van der Waals surface area (Å²) in [5.41, 5.74) is 3.23. The lowest BCUT2D eigenvalue weighted by molar-refractivity contribution is 0.0622. The normalized spacial score (nSPS) is 21.2. The molecule has 2 aromatic heterocycles. The van der Waals surface area contributed by atoms with E-state index in [1.165, 1.54) is 51.6 Å². The summed E-state index contributed by atoms with van der Waals surface area (Å²) in [7, 11) is 0. The number of rotatable bonds is 3. The van der Waals surface area contributed by atoms with E-state index in [4.69, 9.17) is 0 Å². The predicted molar refractivity (Wildman–Crippen MR) is 139 cm³/mol. The number of likely N-dealkylation sites (tertiary alicyclic amines) is 2. The van der Waals surface area contributed by atoms with E-state index < -0.39 is 0 Å². The fraction of sp³-hybridized carbons (Fsp3) is 0.607. The van der Waals surface area contributed by atoms with E-state index in [1.807, 2.05) is 24.0 Å². The summed E-state index contributed by atoms with van der Waals surface area (Å²) in [6.07, 6.45) is 13.7. The van der Waals surface area contributed by atoms with Crippen LogP contribution >= 0.6 is 0 Å². The molecule has 1 aromatic carbocycles. The smallest absolute Gasteiger partial charge is 0.259 e.